The number of alkyl carbamates (subject to hydrolysis) is 1. The van der Waals surface area contributed by atoms with Crippen molar-refractivity contribution >= 4 is 42.2 Å². The molecule has 2 aromatic carbocycles. The Hall–Kier alpha value is -4.24. The molecule has 2 aliphatic rings. The van der Waals surface area contributed by atoms with E-state index in [0.717, 1.165) is 11.1 Å². The molecule has 0 aromatic heterocycles. The second-order valence-corrected chi connectivity index (χ2v) is 11.7. The lowest BCUT2D eigenvalue weighted by Gasteiger charge is -2.21. The monoisotopic (exact) mass is 690 g/mol. The summed E-state index contributed by atoms with van der Waals surface area (Å²) in [7, 11) is 0. The summed E-state index contributed by atoms with van der Waals surface area (Å²) in [4.78, 5) is 40.8. The molecule has 2 aromatic rings. The van der Waals surface area contributed by atoms with Gasteiger partial charge in [-0.15, -0.1) is 12.4 Å². The summed E-state index contributed by atoms with van der Waals surface area (Å²) in [5.41, 5.74) is -0.0991. The first-order valence-corrected chi connectivity index (χ1v) is 15.8. The molecule has 4 atom stereocenters. The first kappa shape index (κ1) is 38.2. The molecule has 1 unspecified atom stereocenters. The Morgan fingerprint density at radius 2 is 1.58 bits per heavy atom. The molecule has 0 radical (unpaired) electrons. The van der Waals surface area contributed by atoms with Gasteiger partial charge in [0.25, 0.3) is 5.96 Å². The fourth-order valence-electron chi connectivity index (χ4n) is 5.37. The summed E-state index contributed by atoms with van der Waals surface area (Å²) in [6.07, 6.45) is -1.03. The number of aliphatic imine (C=N–C) groups is 1. The number of amides is 1. The van der Waals surface area contributed by atoms with Gasteiger partial charge in [0.05, 0.1) is 12.6 Å². The quantitative estimate of drug-likeness (QED) is 0.0767. The van der Waals surface area contributed by atoms with Crippen LogP contribution in [0.5, 0.6) is 0 Å². The van der Waals surface area contributed by atoms with Crippen LogP contribution in [0.15, 0.2) is 65.7 Å². The fourth-order valence-corrected chi connectivity index (χ4v) is 5.37. The molecule has 0 aliphatic carbocycles. The van der Waals surface area contributed by atoms with E-state index in [1.807, 2.05) is 60.7 Å². The average molecular weight is 691 g/mol. The number of esters is 1. The highest BCUT2D eigenvalue weighted by Gasteiger charge is 2.53. The minimum absolute atomic E-state index is 0. The van der Waals surface area contributed by atoms with Crippen molar-refractivity contribution in [2.75, 3.05) is 19.6 Å². The van der Waals surface area contributed by atoms with Crippen molar-refractivity contribution in [3.8, 4) is 0 Å². The molecule has 0 bridgehead atoms. The van der Waals surface area contributed by atoms with E-state index < -0.39 is 42.0 Å². The van der Waals surface area contributed by atoms with Crippen LogP contribution >= 0.6 is 12.4 Å². The lowest BCUT2D eigenvalue weighted by molar-refractivity contribution is -0.541. The number of rotatable bonds is 16. The molecule has 2 aliphatic heterocycles. The van der Waals surface area contributed by atoms with Crippen molar-refractivity contribution in [2.24, 2.45) is 4.99 Å². The molecule has 48 heavy (non-hydrogen) atoms. The number of fused-ring (bicyclic) bond motifs is 1. The Labute approximate surface area is 285 Å². The number of aliphatic hydroxyl groups excluding tert-OH is 2. The third kappa shape index (κ3) is 11.8. The Morgan fingerprint density at radius 1 is 0.938 bits per heavy atom. The number of carboxylic acids is 1. The van der Waals surface area contributed by atoms with Gasteiger partial charge in [-0.25, -0.2) is 19.9 Å². The van der Waals surface area contributed by atoms with Crippen molar-refractivity contribution in [3.63, 3.8) is 0 Å². The number of hydrogen-bond donors (Lipinski definition) is 7. The second kappa shape index (κ2) is 18.9. The van der Waals surface area contributed by atoms with Gasteiger partial charge in [0.2, 0.25) is 5.72 Å². The number of guanidine groups is 1. The first-order valence-electron chi connectivity index (χ1n) is 15.8. The Morgan fingerprint density at radius 3 is 2.23 bits per heavy atom. The van der Waals surface area contributed by atoms with Crippen LogP contribution in [0.25, 0.3) is 0 Å². The van der Waals surface area contributed by atoms with Gasteiger partial charge < -0.3 is 35.2 Å². The van der Waals surface area contributed by atoms with Crippen LogP contribution in [0.1, 0.15) is 56.1 Å². The molecule has 0 spiro atoms. The number of nitrogens with one attached hydrogen (secondary N) is 3. The van der Waals surface area contributed by atoms with Gasteiger partial charge in [0.15, 0.2) is 0 Å². The number of ether oxygens (including phenoxy) is 2. The maximum absolute atomic E-state index is 13.1. The van der Waals surface area contributed by atoms with Crippen molar-refractivity contribution in [2.45, 2.75) is 82.1 Å². The van der Waals surface area contributed by atoms with Crippen LogP contribution in [0.2, 0.25) is 0 Å². The van der Waals surface area contributed by atoms with Crippen molar-refractivity contribution in [1.82, 2.24) is 16.0 Å². The number of aliphatic hydroxyl groups is 3. The summed E-state index contributed by atoms with van der Waals surface area (Å²) in [6, 6.07) is 17.4. The number of carboxylic acid groups (broad SMARTS) is 1. The van der Waals surface area contributed by atoms with Gasteiger partial charge in [-0.05, 0) is 43.2 Å². The summed E-state index contributed by atoms with van der Waals surface area (Å²) < 4.78 is 12.6. The third-order valence-corrected chi connectivity index (χ3v) is 7.88. The molecular formula is C33H45ClN5O9+. The summed E-state index contributed by atoms with van der Waals surface area (Å²) in [6.45, 7) is 0.791. The zero-order chi connectivity index (χ0) is 33.6. The van der Waals surface area contributed by atoms with E-state index >= 15 is 0 Å². The summed E-state index contributed by atoms with van der Waals surface area (Å²) >= 11 is 0. The van der Waals surface area contributed by atoms with Gasteiger partial charge in [-0.3, -0.25) is 14.7 Å². The van der Waals surface area contributed by atoms with Gasteiger partial charge in [0, 0.05) is 19.4 Å². The van der Waals surface area contributed by atoms with Gasteiger partial charge >= 0.3 is 23.9 Å². The van der Waals surface area contributed by atoms with Crippen molar-refractivity contribution in [1.29, 1.82) is 0 Å². The molecule has 7 N–H and O–H groups in total. The van der Waals surface area contributed by atoms with E-state index in [4.69, 9.17) is 14.6 Å². The predicted molar refractivity (Wildman–Crippen MR) is 178 cm³/mol. The van der Waals surface area contributed by atoms with E-state index in [9.17, 15) is 29.7 Å². The van der Waals surface area contributed by atoms with Crippen LogP contribution in [-0.4, -0.2) is 98.4 Å². The maximum Gasteiger partial charge on any atom is 0.408 e. The van der Waals surface area contributed by atoms with Crippen LogP contribution in [0.3, 0.4) is 0 Å². The van der Waals surface area contributed by atoms with Crippen molar-refractivity contribution < 1.29 is 48.9 Å². The number of aliphatic carboxylic acids is 1. The summed E-state index contributed by atoms with van der Waals surface area (Å²) in [5.74, 6) is -0.864. The Balaban J connectivity index is 0.00000625. The molecule has 1 amide bonds. The first-order chi connectivity index (χ1) is 22.6. The Kier molecular flexibility index (Phi) is 15.1. The molecule has 262 valence electrons. The molecule has 15 heteroatoms. The SMILES string of the molecule is Cl.O=C(O)CCCCN=C1NC2=[N+](CCCC[C@H](NC(=O)OCc3ccccc3)C(=O)OCc3ccccc3)C[C@@H](O)[C@@H](O)CC2(O)N1. The minimum Gasteiger partial charge on any atom is -0.481 e. The second-order valence-electron chi connectivity index (χ2n) is 11.7. The molecule has 2 heterocycles. The molecule has 4 rings (SSSR count). The highest BCUT2D eigenvalue weighted by Crippen LogP contribution is 2.21. The lowest BCUT2D eigenvalue weighted by Crippen LogP contribution is -2.51. The van der Waals surface area contributed by atoms with Gasteiger partial charge in [0.1, 0.15) is 31.9 Å². The third-order valence-electron chi connectivity index (χ3n) is 7.88. The Bertz CT molecular complexity index is 1410. The summed E-state index contributed by atoms with van der Waals surface area (Å²) in [5, 5.41) is 49.8. The molecule has 0 saturated carbocycles. The molecule has 14 nitrogen and oxygen atoms in total. The average Bonchev–Trinajstić information content (AvgIpc) is 3.35. The number of benzene rings is 2. The number of amidine groups is 1. The molecule has 1 fully saturated rings. The van der Waals surface area contributed by atoms with Crippen LogP contribution < -0.4 is 16.0 Å². The van der Waals surface area contributed by atoms with Gasteiger partial charge in [-0.1, -0.05) is 60.7 Å². The van der Waals surface area contributed by atoms with Crippen molar-refractivity contribution in [3.05, 3.63) is 71.8 Å². The maximum atomic E-state index is 13.1. The smallest absolute Gasteiger partial charge is 0.408 e. The largest absolute Gasteiger partial charge is 0.481 e. The fraction of sp³-hybridized carbons (Fsp3) is 0.485. The molecular weight excluding hydrogens is 646 g/mol. The van der Waals surface area contributed by atoms with E-state index in [2.05, 4.69) is 20.9 Å². The van der Waals surface area contributed by atoms with E-state index in [1.54, 1.807) is 4.58 Å². The van der Waals surface area contributed by atoms with Gasteiger partial charge in [-0.2, -0.15) is 0 Å². The van der Waals surface area contributed by atoms with Crippen LogP contribution in [0.4, 0.5) is 4.79 Å². The number of nitrogens with zero attached hydrogens (tertiary/aromatic N) is 2. The van der Waals surface area contributed by atoms with Crippen LogP contribution in [-0.2, 0) is 32.3 Å². The standard InChI is InChI=1S/C33H43N5O9.ClH/c39-26-19-33(45)30(36-31(37-33)34-17-9-7-16-28(41)42)38(20-27(26)40)18-10-8-15-25(29(43)46-21-23-11-3-1-4-12-23)35-32(44)47-22-24-13-5-2-6-14-24;/h1-6,11-14,25-27,39-40,45H,7-10,15-22H2,(H3,34,35,37,41,42,44);1H/p+1/t25-,26-,27+,33?;/m0./s1. The number of carbonyl (C=O) groups excluding carboxylic acids is 2. The minimum atomic E-state index is -1.70. The number of β-amino-alcohol motifs (C(OH)–C–C–N with tert-alkyl or cyclic N) is 1. The van der Waals surface area contributed by atoms with E-state index in [1.165, 1.54) is 0 Å². The number of unbranched alkanes of at least 4 members (excludes halogenated alkanes) is 2. The number of halogens is 1. The predicted octanol–water partition coefficient (Wildman–Crippen LogP) is 1.65. The highest BCUT2D eigenvalue weighted by molar-refractivity contribution is 6.08. The number of carbonyl (C=O) groups is 3. The van der Waals surface area contributed by atoms with E-state index in [0.29, 0.717) is 44.6 Å². The van der Waals surface area contributed by atoms with E-state index in [-0.39, 0.29) is 57.4 Å². The normalized spacial score (nSPS) is 21.5. The molecule has 1 saturated heterocycles. The lowest BCUT2D eigenvalue weighted by atomic mass is 10.0. The number of hydrogen-bond acceptors (Lipinski definition) is 9. The van der Waals surface area contributed by atoms with Crippen LogP contribution in [0, 0.1) is 0 Å². The topological polar surface area (TPSA) is 202 Å². The highest BCUT2D eigenvalue weighted by atomic mass is 35.5. The zero-order valence-electron chi connectivity index (χ0n) is 26.6. The zero-order valence-corrected chi connectivity index (χ0v) is 27.4.